The van der Waals surface area contributed by atoms with Crippen LogP contribution in [-0.4, -0.2) is 27.1 Å². The van der Waals surface area contributed by atoms with Crippen molar-refractivity contribution in [1.82, 2.24) is 10.2 Å². The number of thiocarbonyl (C=S) groups is 1. The molecule has 1 unspecified atom stereocenters. The lowest BCUT2D eigenvalue weighted by Gasteiger charge is -2.22. The summed E-state index contributed by atoms with van der Waals surface area (Å²) in [6, 6.07) is 12.9. The molecule has 1 aromatic carbocycles. The third-order valence-electron chi connectivity index (χ3n) is 3.72. The van der Waals surface area contributed by atoms with Crippen molar-refractivity contribution < 1.29 is 9.59 Å². The summed E-state index contributed by atoms with van der Waals surface area (Å²) in [6.07, 6.45) is 1.82. The van der Waals surface area contributed by atoms with Crippen molar-refractivity contribution >= 4 is 57.5 Å². The summed E-state index contributed by atoms with van der Waals surface area (Å²) < 4.78 is 0.412. The predicted molar refractivity (Wildman–Crippen MR) is 107 cm³/mol. The first-order chi connectivity index (χ1) is 12.1. The van der Waals surface area contributed by atoms with Crippen LogP contribution in [0.2, 0.25) is 0 Å². The highest BCUT2D eigenvalue weighted by atomic mass is 32.2. The van der Waals surface area contributed by atoms with Gasteiger partial charge in [0, 0.05) is 11.4 Å². The molecule has 0 bridgehead atoms. The van der Waals surface area contributed by atoms with E-state index in [1.54, 1.807) is 18.3 Å². The van der Waals surface area contributed by atoms with Gasteiger partial charge < -0.3 is 5.32 Å². The van der Waals surface area contributed by atoms with E-state index in [2.05, 4.69) is 5.32 Å². The molecule has 1 aliphatic heterocycles. The minimum absolute atomic E-state index is 0.217. The number of nitrogens with zero attached hydrogens (tertiary/aromatic N) is 1. The van der Waals surface area contributed by atoms with E-state index in [-0.39, 0.29) is 11.8 Å². The Labute approximate surface area is 159 Å². The van der Waals surface area contributed by atoms with Gasteiger partial charge in [0.2, 0.25) is 5.91 Å². The van der Waals surface area contributed by atoms with Crippen LogP contribution < -0.4 is 5.32 Å². The number of carbonyl (C=O) groups is 2. The maximum absolute atomic E-state index is 12.6. The van der Waals surface area contributed by atoms with Gasteiger partial charge in [0.05, 0.1) is 4.91 Å². The fraction of sp³-hybridized carbons (Fsp3) is 0.167. The van der Waals surface area contributed by atoms with Gasteiger partial charge in [-0.3, -0.25) is 14.5 Å². The normalized spacial score (nSPS) is 17.2. The van der Waals surface area contributed by atoms with Crippen molar-refractivity contribution in [2.75, 3.05) is 0 Å². The second-order valence-electron chi connectivity index (χ2n) is 5.45. The summed E-state index contributed by atoms with van der Waals surface area (Å²) in [5.74, 6) is -0.441. The average molecular weight is 389 g/mol. The maximum Gasteiger partial charge on any atom is 0.266 e. The van der Waals surface area contributed by atoms with Crippen LogP contribution in [0.25, 0.3) is 6.08 Å². The molecule has 0 aliphatic carbocycles. The highest BCUT2D eigenvalue weighted by molar-refractivity contribution is 8.26. The minimum Gasteiger partial charge on any atom is -0.350 e. The number of hydrogen-bond acceptors (Lipinski definition) is 5. The Balaban J connectivity index is 1.67. The molecule has 0 radical (unpaired) electrons. The van der Waals surface area contributed by atoms with E-state index in [0.717, 1.165) is 10.4 Å². The summed E-state index contributed by atoms with van der Waals surface area (Å²) in [7, 11) is 0. The zero-order valence-corrected chi connectivity index (χ0v) is 15.9. The van der Waals surface area contributed by atoms with Crippen LogP contribution in [-0.2, 0) is 16.1 Å². The Hall–Kier alpha value is -1.96. The molecule has 0 spiro atoms. The molecule has 1 aromatic heterocycles. The lowest BCUT2D eigenvalue weighted by Crippen LogP contribution is -2.46. The second kappa shape index (κ2) is 7.95. The molecule has 0 saturated carbocycles. The summed E-state index contributed by atoms with van der Waals surface area (Å²) in [6.45, 7) is 2.11. The molecule has 1 saturated heterocycles. The van der Waals surface area contributed by atoms with Crippen LogP contribution >= 0.6 is 35.3 Å². The van der Waals surface area contributed by atoms with E-state index in [1.165, 1.54) is 16.7 Å². The van der Waals surface area contributed by atoms with Gasteiger partial charge in [-0.05, 0) is 30.0 Å². The van der Waals surface area contributed by atoms with E-state index in [4.69, 9.17) is 12.2 Å². The molecule has 2 amide bonds. The third-order valence-corrected chi connectivity index (χ3v) is 5.87. The fourth-order valence-electron chi connectivity index (χ4n) is 2.37. The first kappa shape index (κ1) is 17.8. The van der Waals surface area contributed by atoms with Gasteiger partial charge in [-0.15, -0.1) is 11.3 Å². The van der Waals surface area contributed by atoms with Gasteiger partial charge in [-0.1, -0.05) is 60.4 Å². The quantitative estimate of drug-likeness (QED) is 0.627. The van der Waals surface area contributed by atoms with Crippen molar-refractivity contribution in [2.45, 2.75) is 19.5 Å². The number of rotatable bonds is 5. The molecule has 128 valence electrons. The summed E-state index contributed by atoms with van der Waals surface area (Å²) in [5, 5.41) is 4.81. The Morgan fingerprint density at radius 3 is 2.72 bits per heavy atom. The van der Waals surface area contributed by atoms with Gasteiger partial charge in [-0.2, -0.15) is 0 Å². The smallest absolute Gasteiger partial charge is 0.266 e. The van der Waals surface area contributed by atoms with Gasteiger partial charge in [0.25, 0.3) is 5.91 Å². The molecule has 3 rings (SSSR count). The first-order valence-electron chi connectivity index (χ1n) is 7.68. The van der Waals surface area contributed by atoms with Gasteiger partial charge >= 0.3 is 0 Å². The molecule has 1 atom stereocenters. The van der Waals surface area contributed by atoms with E-state index in [1.807, 2.05) is 53.9 Å². The third kappa shape index (κ3) is 4.18. The Morgan fingerprint density at radius 1 is 1.28 bits per heavy atom. The zero-order chi connectivity index (χ0) is 17.8. The van der Waals surface area contributed by atoms with Crippen molar-refractivity contribution in [3.05, 3.63) is 63.2 Å². The zero-order valence-electron chi connectivity index (χ0n) is 13.5. The highest BCUT2D eigenvalue weighted by Gasteiger charge is 2.38. The van der Waals surface area contributed by atoms with Crippen LogP contribution in [0.15, 0.2) is 52.7 Å². The molecule has 4 nitrogen and oxygen atoms in total. The van der Waals surface area contributed by atoms with Gasteiger partial charge in [0.1, 0.15) is 10.4 Å². The Morgan fingerprint density at radius 2 is 2.04 bits per heavy atom. The largest absolute Gasteiger partial charge is 0.350 e. The van der Waals surface area contributed by atoms with E-state index >= 15 is 0 Å². The molecular formula is C18H16N2O2S3. The van der Waals surface area contributed by atoms with Crippen molar-refractivity contribution in [1.29, 1.82) is 0 Å². The SMILES string of the molecule is CC(C(=O)NCc1ccccc1)N1C(=O)/C(=C/c2cccs2)SC1=S. The number of hydrogen-bond donors (Lipinski definition) is 1. The minimum atomic E-state index is -0.648. The molecule has 25 heavy (non-hydrogen) atoms. The van der Waals surface area contributed by atoms with Crippen molar-refractivity contribution in [2.24, 2.45) is 0 Å². The highest BCUT2D eigenvalue weighted by Crippen LogP contribution is 2.34. The number of carbonyl (C=O) groups excluding carboxylic acids is 2. The molecule has 2 aromatic rings. The first-order valence-corrected chi connectivity index (χ1v) is 9.79. The lowest BCUT2D eigenvalue weighted by atomic mass is 10.2. The lowest BCUT2D eigenvalue weighted by molar-refractivity contribution is -0.132. The summed E-state index contributed by atoms with van der Waals surface area (Å²) in [5.41, 5.74) is 1.01. The van der Waals surface area contributed by atoms with Crippen LogP contribution in [0.4, 0.5) is 0 Å². The number of thioether (sulfide) groups is 1. The fourth-order valence-corrected chi connectivity index (χ4v) is 4.51. The van der Waals surface area contributed by atoms with Crippen molar-refractivity contribution in [3.8, 4) is 0 Å². The number of benzene rings is 1. The maximum atomic E-state index is 12.6. The molecule has 2 heterocycles. The Kier molecular flexibility index (Phi) is 5.67. The van der Waals surface area contributed by atoms with E-state index in [9.17, 15) is 9.59 Å². The topological polar surface area (TPSA) is 49.4 Å². The number of amides is 2. The number of nitrogens with one attached hydrogen (secondary N) is 1. The Bertz CT molecular complexity index is 816. The van der Waals surface area contributed by atoms with E-state index < -0.39 is 6.04 Å². The molecule has 1 aliphatic rings. The average Bonchev–Trinajstić information content (AvgIpc) is 3.22. The van der Waals surface area contributed by atoms with Crippen LogP contribution in [0.1, 0.15) is 17.4 Å². The summed E-state index contributed by atoms with van der Waals surface area (Å²) in [4.78, 5) is 28.0. The van der Waals surface area contributed by atoms with Crippen LogP contribution in [0, 0.1) is 0 Å². The van der Waals surface area contributed by atoms with Gasteiger partial charge in [0.15, 0.2) is 0 Å². The molecular weight excluding hydrogens is 372 g/mol. The standard InChI is InChI=1S/C18H16N2O2S3/c1-12(16(21)19-11-13-6-3-2-4-7-13)20-17(22)15(25-18(20)23)10-14-8-5-9-24-14/h2-10,12H,11H2,1H3,(H,19,21)/b15-10-. The predicted octanol–water partition coefficient (Wildman–Crippen LogP) is 3.65. The van der Waals surface area contributed by atoms with Crippen LogP contribution in [0.3, 0.4) is 0 Å². The number of thiophene rings is 1. The monoisotopic (exact) mass is 388 g/mol. The molecule has 1 fully saturated rings. The molecule has 1 N–H and O–H groups in total. The molecule has 7 heteroatoms. The summed E-state index contributed by atoms with van der Waals surface area (Å²) >= 11 is 8.10. The second-order valence-corrected chi connectivity index (χ2v) is 8.10. The van der Waals surface area contributed by atoms with Crippen molar-refractivity contribution in [3.63, 3.8) is 0 Å². The van der Waals surface area contributed by atoms with Crippen LogP contribution in [0.5, 0.6) is 0 Å². The van der Waals surface area contributed by atoms with E-state index in [0.29, 0.717) is 15.8 Å². The van der Waals surface area contributed by atoms with Gasteiger partial charge in [-0.25, -0.2) is 0 Å².